The molecule has 0 unspecified atom stereocenters. The van der Waals surface area contributed by atoms with E-state index in [2.05, 4.69) is 19.6 Å². The average molecular weight is 204 g/mol. The first-order chi connectivity index (χ1) is 5.56. The van der Waals surface area contributed by atoms with E-state index in [-0.39, 0.29) is 0 Å². The molecule has 3 heteroatoms. The van der Waals surface area contributed by atoms with E-state index in [1.165, 1.54) is 18.2 Å². The number of rotatable bonds is 7. The van der Waals surface area contributed by atoms with Crippen LogP contribution < -0.4 is 0 Å². The topological polar surface area (TPSA) is 17.1 Å². The van der Waals surface area contributed by atoms with Gasteiger partial charge in [0.05, 0.1) is 0 Å². The fourth-order valence-corrected chi connectivity index (χ4v) is 3.25. The summed E-state index contributed by atoms with van der Waals surface area (Å²) in [5, 5.41) is 0. The molecular weight excluding hydrogens is 184 g/mol. The molecule has 0 atom stereocenters. The zero-order chi connectivity index (χ0) is 9.45. The van der Waals surface area contributed by atoms with Gasteiger partial charge in [0.1, 0.15) is 6.29 Å². The van der Waals surface area contributed by atoms with Gasteiger partial charge in [-0.15, -0.1) is 0 Å². The van der Waals surface area contributed by atoms with E-state index in [0.717, 1.165) is 18.5 Å². The van der Waals surface area contributed by atoms with E-state index in [9.17, 15) is 4.79 Å². The Morgan fingerprint density at radius 2 is 1.92 bits per heavy atom. The largest absolute Gasteiger partial charge is 0.303 e. The third kappa shape index (κ3) is 10.2. The summed E-state index contributed by atoms with van der Waals surface area (Å²) < 4.78 is 0. The molecule has 0 aliphatic rings. The monoisotopic (exact) mass is 204 g/mol. The highest BCUT2D eigenvalue weighted by Crippen LogP contribution is 2.14. The Balaban J connectivity index is 3.06. The van der Waals surface area contributed by atoms with Crippen molar-refractivity contribution in [3.63, 3.8) is 0 Å². The van der Waals surface area contributed by atoms with Crippen LogP contribution in [-0.2, 0) is 4.79 Å². The number of carbonyl (C=O) groups excluding carboxylic acids is 1. The lowest BCUT2D eigenvalue weighted by Gasteiger charge is -2.14. The maximum Gasteiger partial charge on any atom is 0.120 e. The van der Waals surface area contributed by atoms with Crippen LogP contribution in [0.1, 0.15) is 12.8 Å². The highest BCUT2D eigenvalue weighted by molar-refractivity contribution is 7.99. The van der Waals surface area contributed by atoms with Gasteiger partial charge in [0.25, 0.3) is 0 Å². The molecule has 0 N–H and O–H groups in total. The molecule has 1 nitrogen and oxygen atoms in total. The molecular formula is C9H20OSSi. The molecule has 0 fully saturated rings. The first-order valence-electron chi connectivity index (χ1n) is 4.57. The second-order valence-corrected chi connectivity index (χ2v) is 11.1. The van der Waals surface area contributed by atoms with Crippen molar-refractivity contribution in [2.75, 3.05) is 11.5 Å². The van der Waals surface area contributed by atoms with Gasteiger partial charge in [0.15, 0.2) is 0 Å². The molecule has 0 bridgehead atoms. The van der Waals surface area contributed by atoms with Gasteiger partial charge in [0, 0.05) is 14.5 Å². The predicted molar refractivity (Wildman–Crippen MR) is 60.8 cm³/mol. The fraction of sp³-hybridized carbons (Fsp3) is 0.889. The summed E-state index contributed by atoms with van der Waals surface area (Å²) in [4.78, 5) is 9.99. The Labute approximate surface area is 81.3 Å². The Kier molecular flexibility index (Phi) is 6.85. The Hall–Kier alpha value is 0.237. The molecule has 0 saturated carbocycles. The summed E-state index contributed by atoms with van der Waals surface area (Å²) in [7, 11) is -0.809. The van der Waals surface area contributed by atoms with Gasteiger partial charge in [-0.25, -0.2) is 0 Å². The van der Waals surface area contributed by atoms with Crippen LogP contribution in [0.2, 0.25) is 25.7 Å². The molecule has 0 aromatic heterocycles. The third-order valence-corrected chi connectivity index (χ3v) is 4.55. The quantitative estimate of drug-likeness (QED) is 0.360. The van der Waals surface area contributed by atoms with Crippen molar-refractivity contribution in [1.29, 1.82) is 0 Å². The van der Waals surface area contributed by atoms with Crippen molar-refractivity contribution >= 4 is 26.1 Å². The molecule has 0 aliphatic carbocycles. The van der Waals surface area contributed by atoms with E-state index in [1.807, 2.05) is 11.8 Å². The van der Waals surface area contributed by atoms with Gasteiger partial charge in [-0.05, 0) is 17.9 Å². The lowest BCUT2D eigenvalue weighted by Crippen LogP contribution is -2.18. The van der Waals surface area contributed by atoms with Gasteiger partial charge < -0.3 is 4.79 Å². The minimum absolute atomic E-state index is 0.720. The van der Waals surface area contributed by atoms with Gasteiger partial charge in [-0.3, -0.25) is 0 Å². The zero-order valence-electron chi connectivity index (χ0n) is 8.43. The van der Waals surface area contributed by atoms with Crippen molar-refractivity contribution in [1.82, 2.24) is 0 Å². The van der Waals surface area contributed by atoms with Gasteiger partial charge >= 0.3 is 0 Å². The summed E-state index contributed by atoms with van der Waals surface area (Å²) in [5.41, 5.74) is 0. The molecule has 0 amide bonds. The van der Waals surface area contributed by atoms with Crippen LogP contribution >= 0.6 is 11.8 Å². The van der Waals surface area contributed by atoms with Crippen molar-refractivity contribution in [2.45, 2.75) is 38.5 Å². The molecule has 0 aliphatic heterocycles. The van der Waals surface area contributed by atoms with Gasteiger partial charge in [0.2, 0.25) is 0 Å². The Morgan fingerprint density at radius 1 is 1.25 bits per heavy atom. The SMILES string of the molecule is C[Si](C)(C)CCCSCCC=O. The lowest BCUT2D eigenvalue weighted by molar-refractivity contribution is -0.107. The average Bonchev–Trinajstić information content (AvgIpc) is 1.94. The molecule has 0 aromatic rings. The van der Waals surface area contributed by atoms with E-state index < -0.39 is 8.07 Å². The van der Waals surface area contributed by atoms with Crippen LogP contribution in [0.5, 0.6) is 0 Å². The summed E-state index contributed by atoms with van der Waals surface area (Å²) in [6, 6.07) is 1.42. The molecule has 72 valence electrons. The molecule has 0 saturated heterocycles. The first kappa shape index (κ1) is 12.2. The van der Waals surface area contributed by atoms with Crippen LogP contribution in [0.3, 0.4) is 0 Å². The number of aldehydes is 1. The second-order valence-electron chi connectivity index (χ2n) is 4.23. The lowest BCUT2D eigenvalue weighted by atomic mass is 10.6. The Bertz CT molecular complexity index is 120. The summed E-state index contributed by atoms with van der Waals surface area (Å²) >= 11 is 1.91. The molecule has 12 heavy (non-hydrogen) atoms. The van der Waals surface area contributed by atoms with Crippen molar-refractivity contribution in [2.24, 2.45) is 0 Å². The predicted octanol–water partition coefficient (Wildman–Crippen LogP) is 3.04. The van der Waals surface area contributed by atoms with E-state index in [4.69, 9.17) is 0 Å². The van der Waals surface area contributed by atoms with E-state index in [1.54, 1.807) is 0 Å². The minimum Gasteiger partial charge on any atom is -0.303 e. The first-order valence-corrected chi connectivity index (χ1v) is 9.44. The molecule has 0 aromatic carbocycles. The van der Waals surface area contributed by atoms with E-state index in [0.29, 0.717) is 0 Å². The van der Waals surface area contributed by atoms with Crippen LogP contribution in [0.4, 0.5) is 0 Å². The fourth-order valence-electron chi connectivity index (χ4n) is 0.938. The van der Waals surface area contributed by atoms with Crippen LogP contribution in [0.25, 0.3) is 0 Å². The smallest absolute Gasteiger partial charge is 0.120 e. The second kappa shape index (κ2) is 6.72. The molecule has 0 spiro atoms. The highest BCUT2D eigenvalue weighted by atomic mass is 32.2. The van der Waals surface area contributed by atoms with Gasteiger partial charge in [-0.2, -0.15) is 11.8 Å². The van der Waals surface area contributed by atoms with Crippen LogP contribution in [0, 0.1) is 0 Å². The highest BCUT2D eigenvalue weighted by Gasteiger charge is 2.11. The molecule has 0 heterocycles. The van der Waals surface area contributed by atoms with Crippen molar-refractivity contribution in [3.05, 3.63) is 0 Å². The van der Waals surface area contributed by atoms with E-state index >= 15 is 0 Å². The Morgan fingerprint density at radius 3 is 2.42 bits per heavy atom. The number of hydrogen-bond donors (Lipinski definition) is 0. The summed E-state index contributed by atoms with van der Waals surface area (Å²) in [5.74, 6) is 2.24. The van der Waals surface area contributed by atoms with Crippen LogP contribution in [-0.4, -0.2) is 25.9 Å². The number of carbonyl (C=O) groups is 1. The minimum atomic E-state index is -0.809. The van der Waals surface area contributed by atoms with Crippen molar-refractivity contribution in [3.8, 4) is 0 Å². The number of thioether (sulfide) groups is 1. The normalized spacial score (nSPS) is 11.6. The van der Waals surface area contributed by atoms with Crippen molar-refractivity contribution < 1.29 is 4.79 Å². The number of hydrogen-bond acceptors (Lipinski definition) is 2. The van der Waals surface area contributed by atoms with Gasteiger partial charge in [-0.1, -0.05) is 25.7 Å². The zero-order valence-corrected chi connectivity index (χ0v) is 10.2. The van der Waals surface area contributed by atoms with Crippen LogP contribution in [0.15, 0.2) is 0 Å². The molecule has 0 radical (unpaired) electrons. The maximum atomic E-state index is 9.99. The summed E-state index contributed by atoms with van der Waals surface area (Å²) in [6.45, 7) is 7.22. The summed E-state index contributed by atoms with van der Waals surface area (Å²) in [6.07, 6.45) is 3.06. The maximum absolute atomic E-state index is 9.99. The third-order valence-electron chi connectivity index (χ3n) is 1.60. The molecule has 0 rings (SSSR count). The standard InChI is InChI=1S/C9H20OSSi/c1-12(2,3)9-5-8-11-7-4-6-10/h6H,4-5,7-9H2,1-3H3.